The maximum absolute atomic E-state index is 13.5. The van der Waals surface area contributed by atoms with E-state index in [0.717, 1.165) is 17.9 Å². The summed E-state index contributed by atoms with van der Waals surface area (Å²) in [4.78, 5) is 8.81. The average molecular weight is 438 g/mol. The van der Waals surface area contributed by atoms with Gasteiger partial charge in [-0.05, 0) is 55.2 Å². The van der Waals surface area contributed by atoms with Gasteiger partial charge in [-0.2, -0.15) is 13.2 Å². The monoisotopic (exact) mass is 436 g/mol. The lowest BCUT2D eigenvalue weighted by molar-refractivity contribution is -0.139. The summed E-state index contributed by atoms with van der Waals surface area (Å²) in [5.74, 6) is -1.79. The van der Waals surface area contributed by atoms with Crippen LogP contribution in [0.4, 0.5) is 13.2 Å². The van der Waals surface area contributed by atoms with Gasteiger partial charge < -0.3 is 4.79 Å². The Morgan fingerprint density at radius 1 is 0.963 bits per heavy atom. The van der Waals surface area contributed by atoms with Crippen molar-refractivity contribution in [2.45, 2.75) is 32.9 Å². The molecule has 0 saturated heterocycles. The van der Waals surface area contributed by atoms with Crippen LogP contribution < -0.4 is 0 Å². The Kier molecular flexibility index (Phi) is 8.86. The van der Waals surface area contributed by atoms with E-state index in [2.05, 4.69) is 0 Å². The second kappa shape index (κ2) is 10.2. The summed E-state index contributed by atoms with van der Waals surface area (Å²) < 4.78 is 40.4. The molecule has 0 radical (unpaired) electrons. The van der Waals surface area contributed by atoms with Gasteiger partial charge in [-0.3, -0.25) is 0 Å². The van der Waals surface area contributed by atoms with Crippen molar-refractivity contribution in [1.29, 1.82) is 0 Å². The van der Waals surface area contributed by atoms with Crippen LogP contribution in [0.15, 0.2) is 36.4 Å². The quantitative estimate of drug-likeness (QED) is 0.447. The van der Waals surface area contributed by atoms with E-state index in [1.807, 2.05) is 6.92 Å². The summed E-state index contributed by atoms with van der Waals surface area (Å²) in [6.07, 6.45) is -1.20. The minimum atomic E-state index is -4.45. The Morgan fingerprint density at radius 3 is 2.04 bits per heavy atom. The van der Waals surface area contributed by atoms with Gasteiger partial charge in [-0.1, -0.05) is 65.2 Å². The Labute approximate surface area is 171 Å². The van der Waals surface area contributed by atoms with Crippen LogP contribution >= 0.6 is 34.8 Å². The van der Waals surface area contributed by atoms with Gasteiger partial charge in [0.15, 0.2) is 0 Å². The first-order valence-corrected chi connectivity index (χ1v) is 9.01. The Morgan fingerprint density at radius 2 is 1.56 bits per heavy atom. The zero-order chi connectivity index (χ0) is 20.8. The molecule has 2 rings (SSSR count). The Hall–Kier alpha value is -1.49. The van der Waals surface area contributed by atoms with Crippen molar-refractivity contribution in [2.24, 2.45) is 0 Å². The van der Waals surface area contributed by atoms with Crippen LogP contribution in [0, 0.1) is 13.8 Å². The topological polar surface area (TPSA) is 17.1 Å². The van der Waals surface area contributed by atoms with Crippen LogP contribution in [-0.4, -0.2) is 12.5 Å². The molecule has 0 amide bonds. The predicted octanol–water partition coefficient (Wildman–Crippen LogP) is 7.83. The number of hydrogen-bond acceptors (Lipinski definition) is 1. The SMILES string of the molecule is CC=O.Cc1ccc(/C=C/C(c2cc(C)c(Cl)c(Cl)c2)C(F)(F)F)cc1Cl. The maximum atomic E-state index is 13.5. The smallest absolute Gasteiger partial charge is 0.304 e. The molecular weight excluding hydrogens is 420 g/mol. The van der Waals surface area contributed by atoms with E-state index in [-0.39, 0.29) is 15.6 Å². The highest BCUT2D eigenvalue weighted by Crippen LogP contribution is 2.39. The van der Waals surface area contributed by atoms with Crippen molar-refractivity contribution >= 4 is 47.2 Å². The first-order chi connectivity index (χ1) is 12.5. The van der Waals surface area contributed by atoms with Crippen molar-refractivity contribution < 1.29 is 18.0 Å². The van der Waals surface area contributed by atoms with E-state index in [1.165, 1.54) is 25.1 Å². The van der Waals surface area contributed by atoms with E-state index >= 15 is 0 Å². The van der Waals surface area contributed by atoms with E-state index in [1.54, 1.807) is 25.1 Å². The van der Waals surface area contributed by atoms with Crippen molar-refractivity contribution in [3.8, 4) is 0 Å². The van der Waals surface area contributed by atoms with Crippen molar-refractivity contribution in [2.75, 3.05) is 0 Å². The fourth-order valence-corrected chi connectivity index (χ4v) is 2.84. The standard InChI is InChI=1S/C18H14Cl3F3.C2H4O/c1-10-3-4-12(8-15(10)19)5-6-14(18(22,23)24)13-7-11(2)17(21)16(20)9-13;1-2-3/h3-9,14H,1-2H3;2H,1H3/b6-5+;. The lowest BCUT2D eigenvalue weighted by Crippen LogP contribution is -2.19. The molecule has 0 aliphatic heterocycles. The molecule has 0 spiro atoms. The highest BCUT2D eigenvalue weighted by atomic mass is 35.5. The van der Waals surface area contributed by atoms with Gasteiger partial charge in [0.05, 0.1) is 16.0 Å². The summed E-state index contributed by atoms with van der Waals surface area (Å²) in [5, 5.41) is 0.870. The maximum Gasteiger partial charge on any atom is 0.399 e. The molecular formula is C20H18Cl3F3O. The lowest BCUT2D eigenvalue weighted by atomic mass is 9.95. The van der Waals surface area contributed by atoms with Gasteiger partial charge in [0, 0.05) is 5.02 Å². The minimum Gasteiger partial charge on any atom is -0.304 e. The van der Waals surface area contributed by atoms with Crippen LogP contribution in [0.3, 0.4) is 0 Å². The molecule has 0 saturated carbocycles. The lowest BCUT2D eigenvalue weighted by Gasteiger charge is -2.19. The zero-order valence-corrected chi connectivity index (χ0v) is 17.1. The fraction of sp³-hybridized carbons (Fsp3) is 0.250. The first kappa shape index (κ1) is 23.5. The van der Waals surface area contributed by atoms with Gasteiger partial charge in [-0.25, -0.2) is 0 Å². The predicted molar refractivity (Wildman–Crippen MR) is 107 cm³/mol. The van der Waals surface area contributed by atoms with Gasteiger partial charge in [0.1, 0.15) is 6.29 Å². The Balaban J connectivity index is 0.00000114. The molecule has 1 nitrogen and oxygen atoms in total. The van der Waals surface area contributed by atoms with Crippen LogP contribution in [-0.2, 0) is 4.79 Å². The third-order valence-corrected chi connectivity index (χ3v) is 4.92. The fourth-order valence-electron chi connectivity index (χ4n) is 2.26. The molecule has 0 N–H and O–H groups in total. The molecule has 0 aliphatic carbocycles. The minimum absolute atomic E-state index is 0.0452. The largest absolute Gasteiger partial charge is 0.399 e. The van der Waals surface area contributed by atoms with Crippen LogP contribution in [0.25, 0.3) is 6.08 Å². The number of aldehydes is 1. The number of halogens is 6. The molecule has 2 aromatic rings. The van der Waals surface area contributed by atoms with Gasteiger partial charge >= 0.3 is 6.18 Å². The highest BCUT2D eigenvalue weighted by Gasteiger charge is 2.39. The van der Waals surface area contributed by atoms with Gasteiger partial charge in [0.2, 0.25) is 0 Å². The normalized spacial score (nSPS) is 12.5. The van der Waals surface area contributed by atoms with Crippen LogP contribution in [0.1, 0.15) is 35.1 Å². The Bertz CT molecular complexity index is 807. The number of rotatable bonds is 3. The first-order valence-electron chi connectivity index (χ1n) is 7.87. The van der Waals surface area contributed by atoms with E-state index < -0.39 is 12.1 Å². The molecule has 2 aromatic carbocycles. The molecule has 0 bridgehead atoms. The second-order valence-electron chi connectivity index (χ2n) is 5.76. The third kappa shape index (κ3) is 6.87. The van der Waals surface area contributed by atoms with Crippen molar-refractivity contribution in [3.05, 3.63) is 73.7 Å². The number of aryl methyl sites for hydroxylation is 2. The molecule has 0 aromatic heterocycles. The van der Waals surface area contributed by atoms with Crippen LogP contribution in [0.2, 0.25) is 15.1 Å². The summed E-state index contributed by atoms with van der Waals surface area (Å²) in [6.45, 7) is 4.89. The highest BCUT2D eigenvalue weighted by molar-refractivity contribution is 6.42. The molecule has 0 fully saturated rings. The summed E-state index contributed by atoms with van der Waals surface area (Å²) >= 11 is 17.9. The number of carbonyl (C=O) groups excluding carboxylic acids is 1. The summed E-state index contributed by atoms with van der Waals surface area (Å²) in [5.41, 5.74) is 2.00. The second-order valence-corrected chi connectivity index (χ2v) is 6.95. The van der Waals surface area contributed by atoms with Crippen molar-refractivity contribution in [3.63, 3.8) is 0 Å². The van der Waals surface area contributed by atoms with Crippen molar-refractivity contribution in [1.82, 2.24) is 0 Å². The average Bonchev–Trinajstić information content (AvgIpc) is 2.55. The molecule has 7 heteroatoms. The van der Waals surface area contributed by atoms with E-state index in [9.17, 15) is 13.2 Å². The van der Waals surface area contributed by atoms with E-state index in [0.29, 0.717) is 16.1 Å². The molecule has 27 heavy (non-hydrogen) atoms. The summed E-state index contributed by atoms with van der Waals surface area (Å²) in [7, 11) is 0. The van der Waals surface area contributed by atoms with Gasteiger partial charge in [-0.15, -0.1) is 0 Å². The number of carbonyl (C=O) groups is 1. The summed E-state index contributed by atoms with van der Waals surface area (Å²) in [6, 6.07) is 7.75. The molecule has 0 aliphatic rings. The van der Waals surface area contributed by atoms with E-state index in [4.69, 9.17) is 39.6 Å². The number of benzene rings is 2. The number of hydrogen-bond donors (Lipinski definition) is 0. The molecule has 0 heterocycles. The third-order valence-electron chi connectivity index (χ3n) is 3.62. The number of allylic oxidation sites excluding steroid dienone is 1. The number of alkyl halides is 3. The zero-order valence-electron chi connectivity index (χ0n) is 14.9. The van der Waals surface area contributed by atoms with Crippen LogP contribution in [0.5, 0.6) is 0 Å². The van der Waals surface area contributed by atoms with Gasteiger partial charge in [0.25, 0.3) is 0 Å². The molecule has 1 atom stereocenters. The molecule has 146 valence electrons. The molecule has 1 unspecified atom stereocenters.